The summed E-state index contributed by atoms with van der Waals surface area (Å²) in [5.41, 5.74) is 8.92. The van der Waals surface area contributed by atoms with Crippen molar-refractivity contribution in [1.29, 1.82) is 0 Å². The smallest absolute Gasteiger partial charge is 0.148 e. The Kier molecular flexibility index (Phi) is 2.52. The van der Waals surface area contributed by atoms with Crippen molar-refractivity contribution >= 4 is 21.7 Å². The van der Waals surface area contributed by atoms with Gasteiger partial charge in [0.2, 0.25) is 0 Å². The Labute approximate surface area is 97.0 Å². The molecule has 3 nitrogen and oxygen atoms in total. The van der Waals surface area contributed by atoms with Gasteiger partial charge in [-0.05, 0) is 31.5 Å². The van der Waals surface area contributed by atoms with E-state index >= 15 is 0 Å². The van der Waals surface area contributed by atoms with E-state index in [2.05, 4.69) is 21.0 Å². The number of nitrogens with two attached hydrogens (primary N) is 1. The second-order valence-electron chi connectivity index (χ2n) is 3.53. The second-order valence-corrected chi connectivity index (χ2v) is 4.38. The zero-order chi connectivity index (χ0) is 11.0. The summed E-state index contributed by atoms with van der Waals surface area (Å²) in [6.07, 6.45) is 1.93. The average Bonchev–Trinajstić information content (AvgIpc) is 2.51. The van der Waals surface area contributed by atoms with E-state index in [9.17, 15) is 0 Å². The first-order valence-electron chi connectivity index (χ1n) is 4.67. The van der Waals surface area contributed by atoms with Crippen molar-refractivity contribution in [3.8, 4) is 5.69 Å². The van der Waals surface area contributed by atoms with Crippen LogP contribution in [0.25, 0.3) is 5.69 Å². The molecule has 0 saturated carbocycles. The Bertz CT molecular complexity index is 483. The summed E-state index contributed by atoms with van der Waals surface area (Å²) in [6.45, 7) is 4.00. The van der Waals surface area contributed by atoms with Gasteiger partial charge in [0.1, 0.15) is 5.82 Å². The van der Waals surface area contributed by atoms with E-state index < -0.39 is 0 Å². The van der Waals surface area contributed by atoms with Crippen LogP contribution in [0.3, 0.4) is 0 Å². The first kappa shape index (κ1) is 10.2. The summed E-state index contributed by atoms with van der Waals surface area (Å²) in [5.74, 6) is 0.578. The summed E-state index contributed by atoms with van der Waals surface area (Å²) >= 11 is 3.50. The number of hydrogen-bond acceptors (Lipinski definition) is 2. The molecular weight excluding hydrogens is 254 g/mol. The number of aryl methyl sites for hydroxylation is 1. The van der Waals surface area contributed by atoms with Crippen molar-refractivity contribution in [2.24, 2.45) is 0 Å². The SMILES string of the molecule is Cc1cn(-c2cccc(Br)c2C)nc1N. The molecule has 2 rings (SSSR count). The van der Waals surface area contributed by atoms with E-state index in [-0.39, 0.29) is 0 Å². The lowest BCUT2D eigenvalue weighted by molar-refractivity contribution is 0.876. The number of halogens is 1. The molecule has 0 amide bonds. The molecule has 2 aromatic rings. The van der Waals surface area contributed by atoms with E-state index in [4.69, 9.17) is 5.73 Å². The van der Waals surface area contributed by atoms with Gasteiger partial charge in [-0.1, -0.05) is 22.0 Å². The number of aromatic nitrogens is 2. The van der Waals surface area contributed by atoms with Gasteiger partial charge in [0, 0.05) is 16.2 Å². The van der Waals surface area contributed by atoms with Crippen LogP contribution in [0, 0.1) is 13.8 Å². The minimum atomic E-state index is 0.578. The number of nitrogens with zero attached hydrogens (tertiary/aromatic N) is 2. The van der Waals surface area contributed by atoms with Gasteiger partial charge in [0.05, 0.1) is 5.69 Å². The Hall–Kier alpha value is -1.29. The summed E-state index contributed by atoms with van der Waals surface area (Å²) in [4.78, 5) is 0. The summed E-state index contributed by atoms with van der Waals surface area (Å²) in [6, 6.07) is 6.02. The van der Waals surface area contributed by atoms with E-state index in [0.29, 0.717) is 5.82 Å². The van der Waals surface area contributed by atoms with E-state index in [1.165, 1.54) is 0 Å². The van der Waals surface area contributed by atoms with Crippen molar-refractivity contribution in [2.45, 2.75) is 13.8 Å². The molecule has 15 heavy (non-hydrogen) atoms. The fourth-order valence-electron chi connectivity index (χ4n) is 1.44. The van der Waals surface area contributed by atoms with Crippen molar-refractivity contribution < 1.29 is 0 Å². The number of rotatable bonds is 1. The highest BCUT2D eigenvalue weighted by molar-refractivity contribution is 9.10. The van der Waals surface area contributed by atoms with Gasteiger partial charge in [-0.25, -0.2) is 4.68 Å². The third kappa shape index (κ3) is 1.77. The zero-order valence-corrected chi connectivity index (χ0v) is 10.2. The first-order valence-corrected chi connectivity index (χ1v) is 5.46. The fraction of sp³-hybridized carbons (Fsp3) is 0.182. The monoisotopic (exact) mass is 265 g/mol. The van der Waals surface area contributed by atoms with Crippen LogP contribution >= 0.6 is 15.9 Å². The first-order chi connectivity index (χ1) is 7.09. The maximum Gasteiger partial charge on any atom is 0.148 e. The van der Waals surface area contributed by atoms with Crippen LogP contribution in [-0.4, -0.2) is 9.78 Å². The molecule has 1 aromatic heterocycles. The molecular formula is C11H12BrN3. The molecule has 78 valence electrons. The lowest BCUT2D eigenvalue weighted by atomic mass is 10.2. The lowest BCUT2D eigenvalue weighted by Crippen LogP contribution is -1.98. The Morgan fingerprint density at radius 1 is 1.33 bits per heavy atom. The molecule has 1 heterocycles. The van der Waals surface area contributed by atoms with Crippen molar-refractivity contribution in [1.82, 2.24) is 9.78 Å². The molecule has 1 aromatic carbocycles. The Morgan fingerprint density at radius 2 is 2.07 bits per heavy atom. The predicted octanol–water partition coefficient (Wildman–Crippen LogP) is 2.83. The Balaban J connectivity index is 2.59. The number of hydrogen-bond donors (Lipinski definition) is 1. The Morgan fingerprint density at radius 3 is 2.67 bits per heavy atom. The van der Waals surface area contributed by atoms with Gasteiger partial charge in [-0.15, -0.1) is 0 Å². The highest BCUT2D eigenvalue weighted by Crippen LogP contribution is 2.23. The van der Waals surface area contributed by atoms with Gasteiger partial charge >= 0.3 is 0 Å². The van der Waals surface area contributed by atoms with Gasteiger partial charge in [-0.2, -0.15) is 5.10 Å². The average molecular weight is 266 g/mol. The quantitative estimate of drug-likeness (QED) is 0.862. The molecule has 0 aliphatic carbocycles. The highest BCUT2D eigenvalue weighted by Gasteiger charge is 2.06. The molecule has 0 unspecified atom stereocenters. The summed E-state index contributed by atoms with van der Waals surface area (Å²) in [7, 11) is 0. The third-order valence-electron chi connectivity index (χ3n) is 2.42. The van der Waals surface area contributed by atoms with E-state index in [0.717, 1.165) is 21.3 Å². The van der Waals surface area contributed by atoms with Crippen LogP contribution in [0.15, 0.2) is 28.9 Å². The number of nitrogen functional groups attached to an aromatic ring is 1. The van der Waals surface area contributed by atoms with Crippen LogP contribution < -0.4 is 5.73 Å². The normalized spacial score (nSPS) is 10.6. The molecule has 2 N–H and O–H groups in total. The third-order valence-corrected chi connectivity index (χ3v) is 3.28. The van der Waals surface area contributed by atoms with E-state index in [1.54, 1.807) is 0 Å². The molecule has 0 aliphatic heterocycles. The summed E-state index contributed by atoms with van der Waals surface area (Å²) < 4.78 is 2.89. The van der Waals surface area contributed by atoms with Crippen LogP contribution in [0.2, 0.25) is 0 Å². The molecule has 0 fully saturated rings. The molecule has 0 aliphatic rings. The molecule has 0 radical (unpaired) electrons. The molecule has 0 spiro atoms. The van der Waals surface area contributed by atoms with Crippen LogP contribution in [0.1, 0.15) is 11.1 Å². The predicted molar refractivity (Wildman–Crippen MR) is 65.2 cm³/mol. The number of anilines is 1. The van der Waals surface area contributed by atoms with E-state index in [1.807, 2.05) is 42.9 Å². The molecule has 0 atom stereocenters. The molecule has 4 heteroatoms. The molecule has 0 saturated heterocycles. The van der Waals surface area contributed by atoms with Crippen LogP contribution in [-0.2, 0) is 0 Å². The largest absolute Gasteiger partial charge is 0.382 e. The van der Waals surface area contributed by atoms with Crippen LogP contribution in [0.4, 0.5) is 5.82 Å². The summed E-state index contributed by atoms with van der Waals surface area (Å²) in [5, 5.41) is 4.26. The molecule has 0 bridgehead atoms. The lowest BCUT2D eigenvalue weighted by Gasteiger charge is -2.06. The van der Waals surface area contributed by atoms with Gasteiger partial charge in [0.15, 0.2) is 0 Å². The van der Waals surface area contributed by atoms with Gasteiger partial charge in [-0.3, -0.25) is 0 Å². The van der Waals surface area contributed by atoms with Gasteiger partial charge in [0.25, 0.3) is 0 Å². The maximum absolute atomic E-state index is 5.72. The minimum absolute atomic E-state index is 0.578. The maximum atomic E-state index is 5.72. The number of benzene rings is 1. The highest BCUT2D eigenvalue weighted by atomic mass is 79.9. The topological polar surface area (TPSA) is 43.8 Å². The fourth-order valence-corrected chi connectivity index (χ4v) is 1.80. The van der Waals surface area contributed by atoms with Crippen LogP contribution in [0.5, 0.6) is 0 Å². The standard InChI is InChI=1S/C11H12BrN3/c1-7-6-15(14-11(7)13)10-5-3-4-9(12)8(10)2/h3-6H,1-2H3,(H2,13,14). The second kappa shape index (κ2) is 3.70. The van der Waals surface area contributed by atoms with Crippen molar-refractivity contribution in [3.05, 3.63) is 40.0 Å². The van der Waals surface area contributed by atoms with Crippen molar-refractivity contribution in [3.63, 3.8) is 0 Å². The zero-order valence-electron chi connectivity index (χ0n) is 8.66. The van der Waals surface area contributed by atoms with Crippen molar-refractivity contribution in [2.75, 3.05) is 5.73 Å². The minimum Gasteiger partial charge on any atom is -0.382 e. The van der Waals surface area contributed by atoms with Gasteiger partial charge < -0.3 is 5.73 Å².